The molecule has 1 aliphatic carbocycles. The molecule has 15 heavy (non-hydrogen) atoms. The van der Waals surface area contributed by atoms with Crippen LogP contribution in [0, 0.1) is 0 Å². The number of rotatable bonds is 3. The number of fused-ring (bicyclic) bond motifs is 1. The van der Waals surface area contributed by atoms with Gasteiger partial charge in [-0.1, -0.05) is 24.3 Å². The van der Waals surface area contributed by atoms with Gasteiger partial charge < -0.3 is 0 Å². The third-order valence-electron chi connectivity index (χ3n) is 2.74. The van der Waals surface area contributed by atoms with Crippen LogP contribution < -0.4 is 0 Å². The predicted molar refractivity (Wildman–Crippen MR) is 58.3 cm³/mol. The quantitative estimate of drug-likeness (QED) is 0.737. The van der Waals surface area contributed by atoms with Gasteiger partial charge in [0, 0.05) is 5.92 Å². The molecule has 0 amide bonds. The van der Waals surface area contributed by atoms with Crippen molar-refractivity contribution in [1.29, 1.82) is 0 Å². The van der Waals surface area contributed by atoms with Crippen LogP contribution in [0.2, 0.25) is 0 Å². The second-order valence-electron chi connectivity index (χ2n) is 3.92. The third-order valence-corrected chi connectivity index (χ3v) is 3.30. The van der Waals surface area contributed by atoms with Gasteiger partial charge in [-0.05, 0) is 24.0 Å². The summed E-state index contributed by atoms with van der Waals surface area (Å²) in [4.78, 5) is 0. The van der Waals surface area contributed by atoms with Crippen molar-refractivity contribution in [3.63, 3.8) is 0 Å². The SMILES string of the molecule is CS(=O)(=O)OC[C@H]1CCc2ccccc21. The van der Waals surface area contributed by atoms with Crippen LogP contribution in [0.5, 0.6) is 0 Å². The molecular formula is C11H14O3S. The van der Waals surface area contributed by atoms with E-state index in [0.717, 1.165) is 19.1 Å². The lowest BCUT2D eigenvalue weighted by Gasteiger charge is -2.10. The fraction of sp³-hybridized carbons (Fsp3) is 0.455. The molecule has 0 aromatic heterocycles. The van der Waals surface area contributed by atoms with Crippen molar-refractivity contribution in [1.82, 2.24) is 0 Å². The van der Waals surface area contributed by atoms with Gasteiger partial charge in [0.15, 0.2) is 0 Å². The Morgan fingerprint density at radius 3 is 2.87 bits per heavy atom. The fourth-order valence-corrected chi connectivity index (χ4v) is 2.44. The molecule has 4 heteroatoms. The molecule has 0 spiro atoms. The molecule has 0 N–H and O–H groups in total. The lowest BCUT2D eigenvalue weighted by molar-refractivity contribution is 0.294. The topological polar surface area (TPSA) is 43.4 Å². The van der Waals surface area contributed by atoms with E-state index >= 15 is 0 Å². The fourth-order valence-electron chi connectivity index (χ4n) is 2.02. The molecule has 1 aromatic rings. The highest BCUT2D eigenvalue weighted by molar-refractivity contribution is 7.85. The average molecular weight is 226 g/mol. The second kappa shape index (κ2) is 3.94. The zero-order valence-corrected chi connectivity index (χ0v) is 9.46. The molecule has 0 heterocycles. The first-order chi connectivity index (χ1) is 7.06. The van der Waals surface area contributed by atoms with E-state index < -0.39 is 10.1 Å². The van der Waals surface area contributed by atoms with Crippen LogP contribution in [0.25, 0.3) is 0 Å². The Bertz CT molecular complexity index is 451. The maximum absolute atomic E-state index is 10.9. The Hall–Kier alpha value is -0.870. The van der Waals surface area contributed by atoms with Crippen LogP contribution >= 0.6 is 0 Å². The lowest BCUT2D eigenvalue weighted by Crippen LogP contribution is -2.10. The standard InChI is InChI=1S/C11H14O3S/c1-15(12,13)14-8-10-7-6-9-4-2-3-5-11(9)10/h2-5,10H,6-8H2,1H3/t10-/m1/s1. The molecule has 3 nitrogen and oxygen atoms in total. The van der Waals surface area contributed by atoms with E-state index in [9.17, 15) is 8.42 Å². The molecule has 82 valence electrons. The summed E-state index contributed by atoms with van der Waals surface area (Å²) in [6, 6.07) is 8.14. The van der Waals surface area contributed by atoms with Crippen molar-refractivity contribution in [2.45, 2.75) is 18.8 Å². The third kappa shape index (κ3) is 2.58. The summed E-state index contributed by atoms with van der Waals surface area (Å²) in [6.45, 7) is 0.274. The summed E-state index contributed by atoms with van der Waals surface area (Å²) in [5.41, 5.74) is 2.56. The Balaban J connectivity index is 2.08. The minimum absolute atomic E-state index is 0.232. The second-order valence-corrected chi connectivity index (χ2v) is 5.57. The van der Waals surface area contributed by atoms with E-state index in [0.29, 0.717) is 0 Å². The van der Waals surface area contributed by atoms with Crippen LogP contribution in [-0.4, -0.2) is 21.3 Å². The van der Waals surface area contributed by atoms with Gasteiger partial charge in [-0.3, -0.25) is 4.18 Å². The van der Waals surface area contributed by atoms with Gasteiger partial charge in [0.05, 0.1) is 12.9 Å². The van der Waals surface area contributed by atoms with Crippen molar-refractivity contribution in [3.05, 3.63) is 35.4 Å². The largest absolute Gasteiger partial charge is 0.270 e. The highest BCUT2D eigenvalue weighted by Crippen LogP contribution is 2.32. The Labute approximate surface area is 90.2 Å². The summed E-state index contributed by atoms with van der Waals surface area (Å²) in [5.74, 6) is 0.232. The van der Waals surface area contributed by atoms with E-state index in [1.807, 2.05) is 12.1 Å². The van der Waals surface area contributed by atoms with E-state index in [-0.39, 0.29) is 12.5 Å². The highest BCUT2D eigenvalue weighted by atomic mass is 32.2. The molecule has 1 atom stereocenters. The summed E-state index contributed by atoms with van der Waals surface area (Å²) >= 11 is 0. The molecule has 0 radical (unpaired) electrons. The number of aryl methyl sites for hydroxylation is 1. The lowest BCUT2D eigenvalue weighted by atomic mass is 10.0. The van der Waals surface area contributed by atoms with E-state index in [2.05, 4.69) is 12.1 Å². The van der Waals surface area contributed by atoms with Gasteiger partial charge in [-0.25, -0.2) is 0 Å². The van der Waals surface area contributed by atoms with Crippen molar-refractivity contribution >= 4 is 10.1 Å². The summed E-state index contributed by atoms with van der Waals surface area (Å²) in [5, 5.41) is 0. The molecule has 2 rings (SSSR count). The zero-order chi connectivity index (χ0) is 10.9. The van der Waals surface area contributed by atoms with Crippen LogP contribution in [0.3, 0.4) is 0 Å². The van der Waals surface area contributed by atoms with Gasteiger partial charge in [0.1, 0.15) is 0 Å². The molecule has 0 unspecified atom stereocenters. The summed E-state index contributed by atoms with van der Waals surface area (Å²) in [7, 11) is -3.31. The van der Waals surface area contributed by atoms with Crippen LogP contribution in [0.4, 0.5) is 0 Å². The number of hydrogen-bond acceptors (Lipinski definition) is 3. The highest BCUT2D eigenvalue weighted by Gasteiger charge is 2.23. The van der Waals surface area contributed by atoms with Crippen molar-refractivity contribution in [3.8, 4) is 0 Å². The van der Waals surface area contributed by atoms with E-state index in [1.165, 1.54) is 11.1 Å². The molecule has 0 bridgehead atoms. The van der Waals surface area contributed by atoms with Gasteiger partial charge >= 0.3 is 0 Å². The summed E-state index contributed by atoms with van der Waals surface area (Å²) < 4.78 is 26.6. The molecule has 1 aromatic carbocycles. The van der Waals surface area contributed by atoms with Crippen molar-refractivity contribution < 1.29 is 12.6 Å². The van der Waals surface area contributed by atoms with Gasteiger partial charge in [0.2, 0.25) is 0 Å². The molecule has 0 saturated heterocycles. The normalized spacial score (nSPS) is 20.2. The van der Waals surface area contributed by atoms with Crippen molar-refractivity contribution in [2.24, 2.45) is 0 Å². The van der Waals surface area contributed by atoms with E-state index in [1.54, 1.807) is 0 Å². The average Bonchev–Trinajstić information content (AvgIpc) is 2.57. The molecule has 0 saturated carbocycles. The Kier molecular flexibility index (Phi) is 2.80. The molecule has 1 aliphatic rings. The maximum Gasteiger partial charge on any atom is 0.264 e. The van der Waals surface area contributed by atoms with Gasteiger partial charge in [-0.2, -0.15) is 8.42 Å². The monoisotopic (exact) mass is 226 g/mol. The van der Waals surface area contributed by atoms with Gasteiger partial charge in [-0.15, -0.1) is 0 Å². The first-order valence-electron chi connectivity index (χ1n) is 4.98. The van der Waals surface area contributed by atoms with E-state index in [4.69, 9.17) is 4.18 Å². The van der Waals surface area contributed by atoms with Crippen LogP contribution in [-0.2, 0) is 20.7 Å². The molecular weight excluding hydrogens is 212 g/mol. The first-order valence-corrected chi connectivity index (χ1v) is 6.80. The molecule has 0 fully saturated rings. The Morgan fingerprint density at radius 2 is 2.13 bits per heavy atom. The first kappa shape index (κ1) is 10.6. The summed E-state index contributed by atoms with van der Waals surface area (Å²) in [6.07, 6.45) is 3.09. The zero-order valence-electron chi connectivity index (χ0n) is 8.64. The predicted octanol–water partition coefficient (Wildman–Crippen LogP) is 1.69. The minimum Gasteiger partial charge on any atom is -0.270 e. The smallest absolute Gasteiger partial charge is 0.264 e. The molecule has 0 aliphatic heterocycles. The van der Waals surface area contributed by atoms with Crippen LogP contribution in [0.1, 0.15) is 23.5 Å². The number of benzene rings is 1. The minimum atomic E-state index is -3.31. The van der Waals surface area contributed by atoms with Crippen LogP contribution in [0.15, 0.2) is 24.3 Å². The van der Waals surface area contributed by atoms with Crippen molar-refractivity contribution in [2.75, 3.05) is 12.9 Å². The Morgan fingerprint density at radius 1 is 1.40 bits per heavy atom. The van der Waals surface area contributed by atoms with Gasteiger partial charge in [0.25, 0.3) is 10.1 Å². The number of hydrogen-bond donors (Lipinski definition) is 0. The maximum atomic E-state index is 10.9.